The Kier molecular flexibility index (Phi) is 5.73. The van der Waals surface area contributed by atoms with Gasteiger partial charge in [0, 0.05) is 24.7 Å². The van der Waals surface area contributed by atoms with Gasteiger partial charge in [-0.25, -0.2) is 0 Å². The Morgan fingerprint density at radius 3 is 2.67 bits per heavy atom. The molecule has 0 saturated heterocycles. The highest BCUT2D eigenvalue weighted by atomic mass is 16.6. The van der Waals surface area contributed by atoms with Crippen LogP contribution in [0.3, 0.4) is 0 Å². The van der Waals surface area contributed by atoms with Crippen molar-refractivity contribution in [1.82, 2.24) is 5.32 Å². The number of amides is 1. The Morgan fingerprint density at radius 1 is 1.21 bits per heavy atom. The maximum Gasteiger partial charge on any atom is 0.292 e. The molecule has 7 nitrogen and oxygen atoms in total. The van der Waals surface area contributed by atoms with Gasteiger partial charge in [0.15, 0.2) is 0 Å². The van der Waals surface area contributed by atoms with Crippen molar-refractivity contribution in [3.63, 3.8) is 0 Å². The lowest BCUT2D eigenvalue weighted by atomic mass is 10.1. The molecule has 0 aliphatic heterocycles. The molecule has 1 amide bonds. The van der Waals surface area contributed by atoms with Crippen molar-refractivity contribution in [3.8, 4) is 5.75 Å². The van der Waals surface area contributed by atoms with Crippen molar-refractivity contribution in [3.05, 3.63) is 63.7 Å². The first kappa shape index (κ1) is 17.3. The summed E-state index contributed by atoms with van der Waals surface area (Å²) in [6.07, 6.45) is 0. The first-order chi connectivity index (χ1) is 11.5. The monoisotopic (exact) mass is 329 g/mol. The molecule has 0 radical (unpaired) electrons. The second kappa shape index (κ2) is 7.96. The number of para-hydroxylation sites is 2. The van der Waals surface area contributed by atoms with E-state index in [1.165, 1.54) is 6.07 Å². The summed E-state index contributed by atoms with van der Waals surface area (Å²) in [4.78, 5) is 22.6. The predicted octanol–water partition coefficient (Wildman–Crippen LogP) is 2.75. The molecule has 126 valence electrons. The molecular weight excluding hydrogens is 310 g/mol. The highest BCUT2D eigenvalue weighted by molar-refractivity contribution is 5.94. The molecule has 0 aromatic heterocycles. The summed E-state index contributed by atoms with van der Waals surface area (Å²) in [5.41, 5.74) is 1.89. The maximum absolute atomic E-state index is 12.1. The van der Waals surface area contributed by atoms with Crippen LogP contribution >= 0.6 is 0 Å². The molecule has 2 rings (SSSR count). The van der Waals surface area contributed by atoms with Crippen LogP contribution in [-0.4, -0.2) is 31.0 Å². The molecule has 0 unspecified atom stereocenters. The number of carbonyl (C=O) groups excluding carboxylic acids is 1. The van der Waals surface area contributed by atoms with Crippen LogP contribution in [0.15, 0.2) is 42.5 Å². The SMILES string of the molecule is COc1cc(C(=O)NCCNc2ccccc2[N+](=O)[O-])ccc1C. The Hall–Kier alpha value is -3.09. The number of benzene rings is 2. The smallest absolute Gasteiger partial charge is 0.292 e. The zero-order valence-corrected chi connectivity index (χ0v) is 13.5. The number of anilines is 1. The van der Waals surface area contributed by atoms with E-state index in [2.05, 4.69) is 10.6 Å². The van der Waals surface area contributed by atoms with Crippen LogP contribution in [-0.2, 0) is 0 Å². The number of nitro groups is 1. The van der Waals surface area contributed by atoms with Gasteiger partial charge in [-0.3, -0.25) is 14.9 Å². The number of hydrogen-bond donors (Lipinski definition) is 2. The van der Waals surface area contributed by atoms with Gasteiger partial charge in [0.2, 0.25) is 0 Å². The molecule has 0 fully saturated rings. The van der Waals surface area contributed by atoms with Gasteiger partial charge < -0.3 is 15.4 Å². The second-order valence-corrected chi connectivity index (χ2v) is 5.14. The number of aryl methyl sites for hydroxylation is 1. The summed E-state index contributed by atoms with van der Waals surface area (Å²) in [5, 5.41) is 16.6. The van der Waals surface area contributed by atoms with E-state index < -0.39 is 4.92 Å². The molecule has 0 heterocycles. The van der Waals surface area contributed by atoms with Gasteiger partial charge in [-0.2, -0.15) is 0 Å². The molecule has 24 heavy (non-hydrogen) atoms. The third-order valence-electron chi connectivity index (χ3n) is 3.50. The number of methoxy groups -OCH3 is 1. The number of nitro benzene ring substituents is 1. The summed E-state index contributed by atoms with van der Waals surface area (Å²) in [6, 6.07) is 11.6. The normalized spacial score (nSPS) is 10.1. The van der Waals surface area contributed by atoms with Gasteiger partial charge in [-0.1, -0.05) is 18.2 Å². The third kappa shape index (κ3) is 4.22. The fourth-order valence-electron chi connectivity index (χ4n) is 2.22. The molecule has 2 aromatic rings. The van der Waals surface area contributed by atoms with Crippen LogP contribution in [0, 0.1) is 17.0 Å². The van der Waals surface area contributed by atoms with E-state index in [0.717, 1.165) is 5.56 Å². The van der Waals surface area contributed by atoms with E-state index in [-0.39, 0.29) is 11.6 Å². The van der Waals surface area contributed by atoms with Gasteiger partial charge >= 0.3 is 0 Å². The van der Waals surface area contributed by atoms with E-state index in [1.807, 2.05) is 13.0 Å². The number of hydrogen-bond acceptors (Lipinski definition) is 5. The summed E-state index contributed by atoms with van der Waals surface area (Å²) < 4.78 is 5.20. The molecule has 0 aliphatic carbocycles. The minimum atomic E-state index is -0.445. The van der Waals surface area contributed by atoms with Crippen molar-refractivity contribution >= 4 is 17.3 Å². The van der Waals surface area contributed by atoms with E-state index in [1.54, 1.807) is 37.4 Å². The number of nitrogens with one attached hydrogen (secondary N) is 2. The molecule has 0 atom stereocenters. The third-order valence-corrected chi connectivity index (χ3v) is 3.50. The molecule has 0 bridgehead atoms. The average Bonchev–Trinajstić information content (AvgIpc) is 2.59. The average molecular weight is 329 g/mol. The molecule has 0 aliphatic rings. The van der Waals surface area contributed by atoms with Crippen LogP contribution in [0.2, 0.25) is 0 Å². The zero-order chi connectivity index (χ0) is 17.5. The van der Waals surface area contributed by atoms with Crippen molar-refractivity contribution in [2.45, 2.75) is 6.92 Å². The van der Waals surface area contributed by atoms with Gasteiger partial charge in [0.1, 0.15) is 11.4 Å². The second-order valence-electron chi connectivity index (χ2n) is 5.14. The topological polar surface area (TPSA) is 93.5 Å². The van der Waals surface area contributed by atoms with Crippen LogP contribution in [0.4, 0.5) is 11.4 Å². The maximum atomic E-state index is 12.1. The number of ether oxygens (including phenoxy) is 1. The van der Waals surface area contributed by atoms with E-state index in [4.69, 9.17) is 4.74 Å². The molecular formula is C17H19N3O4. The molecule has 2 aromatic carbocycles. The standard InChI is InChI=1S/C17H19N3O4/c1-12-7-8-13(11-16(12)24-2)17(21)19-10-9-18-14-5-3-4-6-15(14)20(22)23/h3-8,11,18H,9-10H2,1-2H3,(H,19,21). The van der Waals surface area contributed by atoms with Crippen molar-refractivity contribution in [2.75, 3.05) is 25.5 Å². The van der Waals surface area contributed by atoms with E-state index in [0.29, 0.717) is 30.1 Å². The molecule has 0 spiro atoms. The largest absolute Gasteiger partial charge is 0.496 e. The van der Waals surface area contributed by atoms with Crippen LogP contribution < -0.4 is 15.4 Å². The lowest BCUT2D eigenvalue weighted by Crippen LogP contribution is -2.28. The predicted molar refractivity (Wildman–Crippen MR) is 91.7 cm³/mol. The fraction of sp³-hybridized carbons (Fsp3) is 0.235. The van der Waals surface area contributed by atoms with Crippen LogP contribution in [0.1, 0.15) is 15.9 Å². The fourth-order valence-corrected chi connectivity index (χ4v) is 2.22. The highest BCUT2D eigenvalue weighted by Crippen LogP contribution is 2.22. The van der Waals surface area contributed by atoms with Crippen LogP contribution in [0.25, 0.3) is 0 Å². The molecule has 2 N–H and O–H groups in total. The van der Waals surface area contributed by atoms with Crippen LogP contribution in [0.5, 0.6) is 5.75 Å². The number of carbonyl (C=O) groups is 1. The van der Waals surface area contributed by atoms with Gasteiger partial charge in [0.05, 0.1) is 12.0 Å². The minimum absolute atomic E-state index is 0.00657. The molecule has 7 heteroatoms. The summed E-state index contributed by atoms with van der Waals surface area (Å²) in [7, 11) is 1.56. The minimum Gasteiger partial charge on any atom is -0.496 e. The number of nitrogens with zero attached hydrogens (tertiary/aromatic N) is 1. The quantitative estimate of drug-likeness (QED) is 0.463. The lowest BCUT2D eigenvalue weighted by molar-refractivity contribution is -0.384. The van der Waals surface area contributed by atoms with Crippen molar-refractivity contribution in [2.24, 2.45) is 0 Å². The van der Waals surface area contributed by atoms with Crippen molar-refractivity contribution in [1.29, 1.82) is 0 Å². The summed E-state index contributed by atoms with van der Waals surface area (Å²) >= 11 is 0. The van der Waals surface area contributed by atoms with Gasteiger partial charge in [-0.15, -0.1) is 0 Å². The zero-order valence-electron chi connectivity index (χ0n) is 13.5. The first-order valence-electron chi connectivity index (χ1n) is 7.43. The van der Waals surface area contributed by atoms with Crippen molar-refractivity contribution < 1.29 is 14.5 Å². The van der Waals surface area contributed by atoms with Gasteiger partial charge in [-0.05, 0) is 30.7 Å². The molecule has 0 saturated carbocycles. The highest BCUT2D eigenvalue weighted by Gasteiger charge is 2.12. The Balaban J connectivity index is 1.89. The first-order valence-corrected chi connectivity index (χ1v) is 7.43. The summed E-state index contributed by atoms with van der Waals surface area (Å²) in [5.74, 6) is 0.429. The Morgan fingerprint density at radius 2 is 1.96 bits per heavy atom. The summed E-state index contributed by atoms with van der Waals surface area (Å²) in [6.45, 7) is 2.61. The van der Waals surface area contributed by atoms with E-state index in [9.17, 15) is 14.9 Å². The van der Waals surface area contributed by atoms with Gasteiger partial charge in [0.25, 0.3) is 11.6 Å². The van der Waals surface area contributed by atoms with E-state index >= 15 is 0 Å². The number of rotatable bonds is 7. The Labute approximate surface area is 139 Å². The Bertz CT molecular complexity index is 746. The lowest BCUT2D eigenvalue weighted by Gasteiger charge is -2.10.